The zero-order chi connectivity index (χ0) is 23.8. The fourth-order valence-corrected chi connectivity index (χ4v) is 5.40. The number of H-pyrrole nitrogens is 1. The standard InChI is InChI=1S/C27H23N7S/c28-17-21-23(18-8-10-20(11-9-18)33-12-14-34(29)15-13-33)24-26(22-7-4-16-35-22)31-32-27(24)30-25(21)19-5-2-1-3-6-19/h1-11,16H,12-15,29H2,(H,30,31,32). The molecule has 1 aliphatic heterocycles. The molecule has 0 aliphatic carbocycles. The first-order valence-corrected chi connectivity index (χ1v) is 12.4. The Morgan fingerprint density at radius 2 is 1.69 bits per heavy atom. The van der Waals surface area contributed by atoms with Gasteiger partial charge in [-0.1, -0.05) is 48.5 Å². The Bertz CT molecular complexity index is 1510. The van der Waals surface area contributed by atoms with Gasteiger partial charge in [-0.25, -0.2) is 9.99 Å². The molecule has 1 aliphatic rings. The summed E-state index contributed by atoms with van der Waals surface area (Å²) in [6, 6.07) is 24.8. The van der Waals surface area contributed by atoms with E-state index in [4.69, 9.17) is 10.8 Å². The smallest absolute Gasteiger partial charge is 0.182 e. The number of piperazine rings is 1. The highest BCUT2D eigenvalue weighted by molar-refractivity contribution is 7.13. The number of nitrogens with zero attached hydrogens (tertiary/aromatic N) is 5. The van der Waals surface area contributed by atoms with Crippen LogP contribution in [0.3, 0.4) is 0 Å². The lowest BCUT2D eigenvalue weighted by molar-refractivity contribution is 0.266. The summed E-state index contributed by atoms with van der Waals surface area (Å²) in [5.41, 5.74) is 6.54. The minimum Gasteiger partial charge on any atom is -0.369 e. The van der Waals surface area contributed by atoms with Gasteiger partial charge in [-0.05, 0) is 29.1 Å². The van der Waals surface area contributed by atoms with Gasteiger partial charge in [0.25, 0.3) is 0 Å². The van der Waals surface area contributed by atoms with Crippen LogP contribution in [-0.2, 0) is 0 Å². The van der Waals surface area contributed by atoms with E-state index in [9.17, 15) is 5.26 Å². The minimum atomic E-state index is 0.549. The Hall–Kier alpha value is -4.03. The number of rotatable bonds is 4. The lowest BCUT2D eigenvalue weighted by Crippen LogP contribution is -2.49. The van der Waals surface area contributed by atoms with E-state index in [-0.39, 0.29) is 0 Å². The van der Waals surface area contributed by atoms with E-state index in [1.165, 1.54) is 0 Å². The molecule has 0 radical (unpaired) electrons. The van der Waals surface area contributed by atoms with E-state index in [0.29, 0.717) is 16.9 Å². The summed E-state index contributed by atoms with van der Waals surface area (Å²) in [5.74, 6) is 5.93. The summed E-state index contributed by atoms with van der Waals surface area (Å²) in [6.45, 7) is 3.46. The molecule has 1 fully saturated rings. The third-order valence-corrected chi connectivity index (χ3v) is 7.35. The number of hydrogen-bond donors (Lipinski definition) is 2. The van der Waals surface area contributed by atoms with Crippen LogP contribution in [0.1, 0.15) is 5.56 Å². The molecular formula is C27H23N7S. The van der Waals surface area contributed by atoms with Crippen LogP contribution in [0, 0.1) is 11.3 Å². The van der Waals surface area contributed by atoms with Crippen molar-refractivity contribution in [3.05, 3.63) is 77.7 Å². The van der Waals surface area contributed by atoms with Crippen molar-refractivity contribution in [1.82, 2.24) is 20.2 Å². The highest BCUT2D eigenvalue weighted by Gasteiger charge is 2.23. The number of nitriles is 1. The first kappa shape index (κ1) is 21.5. The third-order valence-electron chi connectivity index (χ3n) is 6.46. The Morgan fingerprint density at radius 3 is 2.37 bits per heavy atom. The molecule has 1 saturated heterocycles. The van der Waals surface area contributed by atoms with Crippen molar-refractivity contribution >= 4 is 28.1 Å². The molecule has 3 aromatic heterocycles. The van der Waals surface area contributed by atoms with Crippen molar-refractivity contribution in [1.29, 1.82) is 5.26 Å². The second-order valence-corrected chi connectivity index (χ2v) is 9.48. The van der Waals surface area contributed by atoms with Crippen molar-refractivity contribution in [2.45, 2.75) is 0 Å². The topological polar surface area (TPSA) is 97.9 Å². The molecule has 0 amide bonds. The fourth-order valence-electron chi connectivity index (χ4n) is 4.68. The monoisotopic (exact) mass is 477 g/mol. The molecule has 0 bridgehead atoms. The van der Waals surface area contributed by atoms with Crippen LogP contribution in [0.15, 0.2) is 72.1 Å². The first-order chi connectivity index (χ1) is 17.2. The Morgan fingerprint density at radius 1 is 0.914 bits per heavy atom. The average molecular weight is 478 g/mol. The highest BCUT2D eigenvalue weighted by Crippen LogP contribution is 2.41. The zero-order valence-corrected chi connectivity index (χ0v) is 19.8. The molecule has 5 aromatic rings. The summed E-state index contributed by atoms with van der Waals surface area (Å²) in [4.78, 5) is 8.24. The third kappa shape index (κ3) is 3.86. The molecule has 6 rings (SSSR count). The van der Waals surface area contributed by atoms with E-state index in [1.807, 2.05) is 46.8 Å². The number of thiophene rings is 1. The second-order valence-electron chi connectivity index (χ2n) is 8.53. The van der Waals surface area contributed by atoms with Gasteiger partial charge in [-0.2, -0.15) is 10.4 Å². The summed E-state index contributed by atoms with van der Waals surface area (Å²) >= 11 is 1.63. The molecule has 8 heteroatoms. The lowest BCUT2D eigenvalue weighted by Gasteiger charge is -2.33. The largest absolute Gasteiger partial charge is 0.369 e. The number of hydrogen-bond acceptors (Lipinski definition) is 7. The Labute approximate surface area is 207 Å². The van der Waals surface area contributed by atoms with Crippen molar-refractivity contribution < 1.29 is 0 Å². The van der Waals surface area contributed by atoms with Gasteiger partial charge in [-0.3, -0.25) is 10.9 Å². The normalized spacial score (nSPS) is 14.3. The van der Waals surface area contributed by atoms with Gasteiger partial charge in [0, 0.05) is 43.0 Å². The number of aromatic amines is 1. The van der Waals surface area contributed by atoms with Gasteiger partial charge in [0.1, 0.15) is 6.07 Å². The maximum atomic E-state index is 10.4. The molecule has 0 atom stereocenters. The molecule has 2 aromatic carbocycles. The van der Waals surface area contributed by atoms with Crippen LogP contribution in [0.2, 0.25) is 0 Å². The maximum Gasteiger partial charge on any atom is 0.182 e. The van der Waals surface area contributed by atoms with Crippen LogP contribution in [0.5, 0.6) is 0 Å². The predicted octanol–water partition coefficient (Wildman–Crippen LogP) is 4.89. The van der Waals surface area contributed by atoms with Crippen LogP contribution in [0.25, 0.3) is 44.0 Å². The van der Waals surface area contributed by atoms with Gasteiger partial charge in [0.05, 0.1) is 27.2 Å². The van der Waals surface area contributed by atoms with Gasteiger partial charge < -0.3 is 4.90 Å². The molecular weight excluding hydrogens is 454 g/mol. The number of fused-ring (bicyclic) bond motifs is 1. The van der Waals surface area contributed by atoms with Crippen LogP contribution in [0.4, 0.5) is 5.69 Å². The van der Waals surface area contributed by atoms with Crippen molar-refractivity contribution in [3.8, 4) is 39.0 Å². The lowest BCUT2D eigenvalue weighted by atomic mass is 9.93. The number of pyridine rings is 1. The first-order valence-electron chi connectivity index (χ1n) is 11.5. The Kier molecular flexibility index (Phi) is 5.51. The van der Waals surface area contributed by atoms with Crippen molar-refractivity contribution in [3.63, 3.8) is 0 Å². The number of aromatic nitrogens is 3. The molecule has 4 heterocycles. The molecule has 3 N–H and O–H groups in total. The average Bonchev–Trinajstić information content (AvgIpc) is 3.59. The van der Waals surface area contributed by atoms with Crippen LogP contribution >= 0.6 is 11.3 Å². The van der Waals surface area contributed by atoms with Crippen LogP contribution < -0.4 is 10.7 Å². The Balaban J connectivity index is 1.56. The van der Waals surface area contributed by atoms with Gasteiger partial charge in [0.15, 0.2) is 5.65 Å². The van der Waals surface area contributed by atoms with E-state index >= 15 is 0 Å². The predicted molar refractivity (Wildman–Crippen MR) is 141 cm³/mol. The minimum absolute atomic E-state index is 0.549. The van der Waals surface area contributed by atoms with E-state index in [1.54, 1.807) is 11.3 Å². The summed E-state index contributed by atoms with van der Waals surface area (Å²) in [5, 5.41) is 22.9. The highest BCUT2D eigenvalue weighted by atomic mass is 32.1. The maximum absolute atomic E-state index is 10.4. The van der Waals surface area contributed by atoms with E-state index in [0.717, 1.165) is 64.5 Å². The zero-order valence-electron chi connectivity index (χ0n) is 19.0. The number of nitrogens with one attached hydrogen (secondary N) is 1. The van der Waals surface area contributed by atoms with Crippen LogP contribution in [-0.4, -0.2) is 46.4 Å². The second kappa shape index (κ2) is 8.96. The summed E-state index contributed by atoms with van der Waals surface area (Å²) in [6.07, 6.45) is 0. The summed E-state index contributed by atoms with van der Waals surface area (Å²) in [7, 11) is 0. The molecule has 0 saturated carbocycles. The van der Waals surface area contributed by atoms with Gasteiger partial charge >= 0.3 is 0 Å². The number of nitrogens with two attached hydrogens (primary N) is 1. The molecule has 7 nitrogen and oxygen atoms in total. The van der Waals surface area contributed by atoms with Gasteiger partial charge in [0.2, 0.25) is 0 Å². The number of benzene rings is 2. The summed E-state index contributed by atoms with van der Waals surface area (Å²) < 4.78 is 0. The SMILES string of the molecule is N#Cc1c(-c2ccccc2)nc2n[nH]c(-c3cccs3)c2c1-c1ccc(N2CCN(N)CC2)cc1. The number of anilines is 1. The quantitative estimate of drug-likeness (QED) is 0.358. The van der Waals surface area contributed by atoms with E-state index < -0.39 is 0 Å². The van der Waals surface area contributed by atoms with Gasteiger partial charge in [-0.15, -0.1) is 11.3 Å². The number of hydrazine groups is 1. The van der Waals surface area contributed by atoms with E-state index in [2.05, 4.69) is 51.5 Å². The molecule has 0 spiro atoms. The van der Waals surface area contributed by atoms with Crippen molar-refractivity contribution in [2.24, 2.45) is 5.84 Å². The fraction of sp³-hybridized carbons (Fsp3) is 0.148. The van der Waals surface area contributed by atoms with Crippen molar-refractivity contribution in [2.75, 3.05) is 31.1 Å². The molecule has 172 valence electrons. The molecule has 0 unspecified atom stereocenters. The molecule has 35 heavy (non-hydrogen) atoms.